The fourth-order valence-electron chi connectivity index (χ4n) is 1.86. The molecule has 2 rings (SSSR count). The van der Waals surface area contributed by atoms with Gasteiger partial charge in [-0.05, 0) is 43.2 Å². The van der Waals surface area contributed by atoms with E-state index in [2.05, 4.69) is 4.72 Å². The average Bonchev–Trinajstić information content (AvgIpc) is 2.41. The molecule has 0 fully saturated rings. The maximum absolute atomic E-state index is 12.4. The van der Waals surface area contributed by atoms with E-state index in [-0.39, 0.29) is 10.9 Å². The van der Waals surface area contributed by atoms with E-state index < -0.39 is 10.0 Å². The molecule has 4 nitrogen and oxygen atoms in total. The van der Waals surface area contributed by atoms with Gasteiger partial charge in [-0.3, -0.25) is 4.72 Å². The summed E-state index contributed by atoms with van der Waals surface area (Å²) in [6.45, 7) is 3.68. The number of benzene rings is 2. The van der Waals surface area contributed by atoms with Crippen molar-refractivity contribution in [1.29, 1.82) is 0 Å². The maximum Gasteiger partial charge on any atom is 0.261 e. The van der Waals surface area contributed by atoms with Gasteiger partial charge in [-0.2, -0.15) is 0 Å². The highest BCUT2D eigenvalue weighted by Gasteiger charge is 2.16. The number of anilines is 1. The van der Waals surface area contributed by atoms with E-state index in [0.717, 1.165) is 11.1 Å². The summed E-state index contributed by atoms with van der Waals surface area (Å²) in [5.74, 6) is 0. The molecule has 0 saturated heterocycles. The van der Waals surface area contributed by atoms with Crippen molar-refractivity contribution in [2.24, 2.45) is 5.73 Å². The molecule has 0 heterocycles. The third kappa shape index (κ3) is 3.18. The summed E-state index contributed by atoms with van der Waals surface area (Å²) < 4.78 is 27.4. The van der Waals surface area contributed by atoms with Gasteiger partial charge in [0.2, 0.25) is 0 Å². The van der Waals surface area contributed by atoms with E-state index in [4.69, 9.17) is 5.73 Å². The number of sulfonamides is 1. The van der Waals surface area contributed by atoms with Gasteiger partial charge in [0, 0.05) is 6.04 Å². The van der Waals surface area contributed by atoms with Crippen LogP contribution < -0.4 is 10.5 Å². The van der Waals surface area contributed by atoms with Crippen LogP contribution in [-0.4, -0.2) is 8.42 Å². The van der Waals surface area contributed by atoms with Crippen LogP contribution in [0.15, 0.2) is 53.4 Å². The molecular weight excluding hydrogens is 272 g/mol. The lowest BCUT2D eigenvalue weighted by molar-refractivity contribution is 0.601. The van der Waals surface area contributed by atoms with Crippen LogP contribution in [0.2, 0.25) is 0 Å². The van der Waals surface area contributed by atoms with Crippen molar-refractivity contribution in [1.82, 2.24) is 0 Å². The predicted octanol–water partition coefficient (Wildman–Crippen LogP) is 2.82. The Bertz CT molecular complexity index is 709. The minimum absolute atomic E-state index is 0.205. The fourth-order valence-corrected chi connectivity index (χ4v) is 3.04. The van der Waals surface area contributed by atoms with Gasteiger partial charge >= 0.3 is 0 Å². The fraction of sp³-hybridized carbons (Fsp3) is 0.200. The molecule has 0 aliphatic heterocycles. The monoisotopic (exact) mass is 290 g/mol. The standard InChI is InChI=1S/C15H18N2O2S/c1-11-6-3-4-9-15(11)17-20(18,19)14-8-5-7-13(10-14)12(2)16/h3-10,12,17H,16H2,1-2H3. The van der Waals surface area contributed by atoms with Crippen LogP contribution in [-0.2, 0) is 10.0 Å². The first-order valence-electron chi connectivity index (χ1n) is 6.34. The number of hydrogen-bond acceptors (Lipinski definition) is 3. The molecule has 0 saturated carbocycles. The largest absolute Gasteiger partial charge is 0.324 e. The van der Waals surface area contributed by atoms with Crippen molar-refractivity contribution in [3.05, 3.63) is 59.7 Å². The Kier molecular flexibility index (Phi) is 4.11. The Morgan fingerprint density at radius 3 is 2.45 bits per heavy atom. The summed E-state index contributed by atoms with van der Waals surface area (Å²) >= 11 is 0. The van der Waals surface area contributed by atoms with Crippen molar-refractivity contribution in [3.63, 3.8) is 0 Å². The number of nitrogens with one attached hydrogen (secondary N) is 1. The zero-order valence-electron chi connectivity index (χ0n) is 11.5. The summed E-state index contributed by atoms with van der Waals surface area (Å²) in [6, 6.07) is 13.7. The molecule has 0 aliphatic rings. The first-order valence-corrected chi connectivity index (χ1v) is 7.82. The van der Waals surface area contributed by atoms with Gasteiger partial charge in [0.15, 0.2) is 0 Å². The van der Waals surface area contributed by atoms with Gasteiger partial charge in [0.1, 0.15) is 0 Å². The van der Waals surface area contributed by atoms with Crippen LogP contribution in [0.1, 0.15) is 24.1 Å². The van der Waals surface area contributed by atoms with Crippen molar-refractivity contribution in [2.75, 3.05) is 4.72 Å². The summed E-state index contributed by atoms with van der Waals surface area (Å²) in [4.78, 5) is 0.218. The predicted molar refractivity (Wildman–Crippen MR) is 81.0 cm³/mol. The molecule has 0 aliphatic carbocycles. The lowest BCUT2D eigenvalue weighted by Gasteiger charge is -2.12. The van der Waals surface area contributed by atoms with Gasteiger partial charge in [0.05, 0.1) is 10.6 Å². The molecule has 0 radical (unpaired) electrons. The first kappa shape index (κ1) is 14.6. The van der Waals surface area contributed by atoms with E-state index in [1.54, 1.807) is 30.3 Å². The highest BCUT2D eigenvalue weighted by Crippen LogP contribution is 2.21. The van der Waals surface area contributed by atoms with E-state index in [1.165, 1.54) is 0 Å². The van der Waals surface area contributed by atoms with Crippen LogP contribution in [0, 0.1) is 6.92 Å². The molecule has 106 valence electrons. The number of para-hydroxylation sites is 1. The second kappa shape index (κ2) is 5.64. The lowest BCUT2D eigenvalue weighted by atomic mass is 10.1. The number of aryl methyl sites for hydroxylation is 1. The molecule has 0 spiro atoms. The molecule has 20 heavy (non-hydrogen) atoms. The first-order chi connectivity index (χ1) is 9.40. The molecule has 0 bridgehead atoms. The Balaban J connectivity index is 2.36. The zero-order valence-corrected chi connectivity index (χ0v) is 12.3. The highest BCUT2D eigenvalue weighted by molar-refractivity contribution is 7.92. The quantitative estimate of drug-likeness (QED) is 0.909. The Labute approximate surface area is 119 Å². The smallest absolute Gasteiger partial charge is 0.261 e. The molecule has 3 N–H and O–H groups in total. The highest BCUT2D eigenvalue weighted by atomic mass is 32.2. The molecule has 1 atom stereocenters. The van der Waals surface area contributed by atoms with E-state index in [1.807, 2.05) is 32.0 Å². The molecule has 5 heteroatoms. The molecule has 1 unspecified atom stereocenters. The van der Waals surface area contributed by atoms with Crippen molar-refractivity contribution in [2.45, 2.75) is 24.8 Å². The van der Waals surface area contributed by atoms with Crippen LogP contribution in [0.4, 0.5) is 5.69 Å². The van der Waals surface area contributed by atoms with Gasteiger partial charge < -0.3 is 5.73 Å². The second-order valence-corrected chi connectivity index (χ2v) is 6.46. The molecule has 2 aromatic carbocycles. The van der Waals surface area contributed by atoms with Crippen molar-refractivity contribution < 1.29 is 8.42 Å². The Hall–Kier alpha value is -1.85. The molecule has 0 amide bonds. The second-order valence-electron chi connectivity index (χ2n) is 4.78. The summed E-state index contributed by atoms with van der Waals surface area (Å²) in [5.41, 5.74) is 8.03. The van der Waals surface area contributed by atoms with Crippen molar-refractivity contribution in [3.8, 4) is 0 Å². The van der Waals surface area contributed by atoms with Gasteiger partial charge in [-0.25, -0.2) is 8.42 Å². The van der Waals surface area contributed by atoms with Gasteiger partial charge in [-0.15, -0.1) is 0 Å². The Morgan fingerprint density at radius 2 is 1.80 bits per heavy atom. The summed E-state index contributed by atoms with van der Waals surface area (Å²) in [7, 11) is -3.60. The van der Waals surface area contributed by atoms with Crippen LogP contribution in [0.5, 0.6) is 0 Å². The van der Waals surface area contributed by atoms with E-state index >= 15 is 0 Å². The van der Waals surface area contributed by atoms with Crippen molar-refractivity contribution >= 4 is 15.7 Å². The van der Waals surface area contributed by atoms with Gasteiger partial charge in [0.25, 0.3) is 10.0 Å². The third-order valence-electron chi connectivity index (χ3n) is 3.08. The maximum atomic E-state index is 12.4. The molecular formula is C15H18N2O2S. The SMILES string of the molecule is Cc1ccccc1NS(=O)(=O)c1cccc(C(C)N)c1. The number of hydrogen-bond donors (Lipinski definition) is 2. The average molecular weight is 290 g/mol. The zero-order chi connectivity index (χ0) is 14.8. The van der Waals surface area contributed by atoms with E-state index in [9.17, 15) is 8.42 Å². The topological polar surface area (TPSA) is 72.2 Å². The van der Waals surface area contributed by atoms with Crippen LogP contribution >= 0.6 is 0 Å². The number of nitrogens with two attached hydrogens (primary N) is 1. The van der Waals surface area contributed by atoms with E-state index in [0.29, 0.717) is 5.69 Å². The summed E-state index contributed by atoms with van der Waals surface area (Å²) in [6.07, 6.45) is 0. The van der Waals surface area contributed by atoms with Crippen LogP contribution in [0.3, 0.4) is 0 Å². The van der Waals surface area contributed by atoms with Crippen LogP contribution in [0.25, 0.3) is 0 Å². The third-order valence-corrected chi connectivity index (χ3v) is 4.45. The van der Waals surface area contributed by atoms with Gasteiger partial charge in [-0.1, -0.05) is 30.3 Å². The lowest BCUT2D eigenvalue weighted by Crippen LogP contribution is -2.14. The number of rotatable bonds is 4. The molecule has 0 aromatic heterocycles. The minimum atomic E-state index is -3.60. The Morgan fingerprint density at radius 1 is 1.10 bits per heavy atom. The normalized spacial score (nSPS) is 12.9. The minimum Gasteiger partial charge on any atom is -0.324 e. The molecule has 2 aromatic rings. The summed E-state index contributed by atoms with van der Waals surface area (Å²) in [5, 5.41) is 0.